The number of rotatable bonds is 6. The summed E-state index contributed by atoms with van der Waals surface area (Å²) in [6.45, 7) is -0.453. The van der Waals surface area contributed by atoms with E-state index in [9.17, 15) is 14.0 Å². The first kappa shape index (κ1) is 19.4. The topological polar surface area (TPSA) is 72.6 Å². The molecule has 0 aliphatic rings. The fourth-order valence-electron chi connectivity index (χ4n) is 2.68. The molecule has 28 heavy (non-hydrogen) atoms. The van der Waals surface area contributed by atoms with E-state index in [0.29, 0.717) is 5.01 Å². The maximum absolute atomic E-state index is 13.7. The van der Waals surface area contributed by atoms with Crippen molar-refractivity contribution in [2.45, 2.75) is 6.10 Å². The lowest BCUT2D eigenvalue weighted by atomic mass is 10.0. The molecule has 0 unspecified atom stereocenters. The number of nitrogens with zero attached hydrogens (tertiary/aromatic N) is 1. The van der Waals surface area contributed by atoms with Gasteiger partial charge in [-0.15, -0.1) is 0 Å². The second-order valence-electron chi connectivity index (χ2n) is 5.97. The molecule has 5 nitrogen and oxygen atoms in total. The van der Waals surface area contributed by atoms with Gasteiger partial charge in [0, 0.05) is 0 Å². The van der Waals surface area contributed by atoms with E-state index >= 15 is 0 Å². The van der Waals surface area contributed by atoms with E-state index in [1.807, 2.05) is 60.7 Å². The van der Waals surface area contributed by atoms with E-state index in [1.165, 1.54) is 12.1 Å². The summed E-state index contributed by atoms with van der Waals surface area (Å²) < 4.78 is 19.5. The summed E-state index contributed by atoms with van der Waals surface area (Å²) in [5.41, 5.74) is 1.29. The van der Waals surface area contributed by atoms with Crippen LogP contribution in [-0.2, 0) is 9.53 Å². The maximum atomic E-state index is 13.7. The van der Waals surface area contributed by atoms with Crippen molar-refractivity contribution < 1.29 is 18.7 Å². The third kappa shape index (κ3) is 4.49. The number of hydrogen-bond acceptors (Lipinski definition) is 4. The summed E-state index contributed by atoms with van der Waals surface area (Å²) in [7, 11) is 0. The summed E-state index contributed by atoms with van der Waals surface area (Å²) in [4.78, 5) is 24.6. The molecule has 0 spiro atoms. The first-order valence-corrected chi connectivity index (χ1v) is 8.57. The molecule has 0 aliphatic carbocycles. The van der Waals surface area contributed by atoms with Crippen LogP contribution in [0.3, 0.4) is 0 Å². The van der Waals surface area contributed by atoms with Gasteiger partial charge in [0.25, 0.3) is 11.8 Å². The lowest BCUT2D eigenvalue weighted by Gasteiger charge is -2.21. The molecule has 0 atom stereocenters. The predicted octanol–water partition coefficient (Wildman–Crippen LogP) is 3.27. The van der Waals surface area contributed by atoms with Crippen molar-refractivity contribution in [2.24, 2.45) is 5.84 Å². The molecule has 6 heteroatoms. The molecule has 0 aromatic heterocycles. The van der Waals surface area contributed by atoms with Crippen LogP contribution < -0.4 is 5.84 Å². The highest BCUT2D eigenvalue weighted by Gasteiger charge is 2.24. The molecule has 0 saturated carbocycles. The molecule has 2 amide bonds. The van der Waals surface area contributed by atoms with Crippen LogP contribution in [0.25, 0.3) is 0 Å². The fourth-order valence-corrected chi connectivity index (χ4v) is 2.68. The zero-order chi connectivity index (χ0) is 19.9. The van der Waals surface area contributed by atoms with Crippen molar-refractivity contribution in [3.8, 4) is 0 Å². The molecule has 1 radical (unpaired) electrons. The summed E-state index contributed by atoms with van der Waals surface area (Å²) in [5.74, 6) is 3.01. The largest absolute Gasteiger partial charge is 0.359 e. The molecular formula is C22H18FN2O3. The van der Waals surface area contributed by atoms with Crippen LogP contribution in [0.1, 0.15) is 27.6 Å². The highest BCUT2D eigenvalue weighted by atomic mass is 19.1. The second kappa shape index (κ2) is 9.03. The molecule has 3 aromatic carbocycles. The minimum atomic E-state index is -0.984. The number of hydrazine groups is 1. The molecular weight excluding hydrogens is 359 g/mol. The van der Waals surface area contributed by atoms with Crippen LogP contribution in [0.15, 0.2) is 78.9 Å². The Labute approximate surface area is 162 Å². The second-order valence-corrected chi connectivity index (χ2v) is 5.97. The minimum Gasteiger partial charge on any atom is -0.359 e. The summed E-state index contributed by atoms with van der Waals surface area (Å²) in [6, 6.07) is 25.0. The van der Waals surface area contributed by atoms with Gasteiger partial charge in [-0.1, -0.05) is 72.8 Å². The Hall–Kier alpha value is -3.35. The normalized spacial score (nSPS) is 10.7. The van der Waals surface area contributed by atoms with Crippen LogP contribution in [0.5, 0.6) is 0 Å². The fraction of sp³-hybridized carbons (Fsp3) is 0.0909. The molecule has 0 fully saturated rings. The van der Waals surface area contributed by atoms with Gasteiger partial charge in [-0.05, 0) is 23.3 Å². The standard InChI is InChI=1S/C22H18FN2O3/c23-19-14-8-7-13-18(19)22(27)25(24)20(26)15-28-21(16-9-3-1-4-10-16)17-11-5-2-6-12-17/h1-12,14,21H,15,24H2. The summed E-state index contributed by atoms with van der Waals surface area (Å²) >= 11 is 0. The lowest BCUT2D eigenvalue weighted by molar-refractivity contribution is -0.135. The molecule has 3 aromatic rings. The highest BCUT2D eigenvalue weighted by Crippen LogP contribution is 2.25. The van der Waals surface area contributed by atoms with Crippen molar-refractivity contribution in [1.82, 2.24) is 5.01 Å². The number of imide groups is 1. The van der Waals surface area contributed by atoms with Crippen LogP contribution in [-0.4, -0.2) is 23.4 Å². The molecule has 3 rings (SSSR count). The van der Waals surface area contributed by atoms with Gasteiger partial charge in [-0.2, -0.15) is 0 Å². The molecule has 0 heterocycles. The summed E-state index contributed by atoms with van der Waals surface area (Å²) in [5, 5.41) is 0.349. The van der Waals surface area contributed by atoms with Crippen molar-refractivity contribution in [1.29, 1.82) is 0 Å². The Morgan fingerprint density at radius 3 is 2.07 bits per heavy atom. The molecule has 0 bridgehead atoms. The third-order valence-corrected chi connectivity index (χ3v) is 4.08. The van der Waals surface area contributed by atoms with Crippen LogP contribution in [0.2, 0.25) is 0 Å². The molecule has 2 N–H and O–H groups in total. The summed E-state index contributed by atoms with van der Waals surface area (Å²) in [6.07, 6.45) is -0.519. The van der Waals surface area contributed by atoms with Crippen LogP contribution >= 0.6 is 0 Å². The van der Waals surface area contributed by atoms with E-state index in [4.69, 9.17) is 10.6 Å². The van der Waals surface area contributed by atoms with Crippen LogP contribution in [0.4, 0.5) is 4.39 Å². The Morgan fingerprint density at radius 2 is 1.54 bits per heavy atom. The third-order valence-electron chi connectivity index (χ3n) is 4.08. The average Bonchev–Trinajstić information content (AvgIpc) is 2.74. The number of halogens is 1. The Balaban J connectivity index is 1.73. The highest BCUT2D eigenvalue weighted by molar-refractivity contribution is 6.04. The van der Waals surface area contributed by atoms with E-state index in [0.717, 1.165) is 17.2 Å². The van der Waals surface area contributed by atoms with Gasteiger partial charge in [0.15, 0.2) is 0 Å². The van der Waals surface area contributed by atoms with Crippen molar-refractivity contribution in [3.63, 3.8) is 0 Å². The molecule has 141 valence electrons. The van der Waals surface area contributed by atoms with Gasteiger partial charge in [-0.25, -0.2) is 15.2 Å². The van der Waals surface area contributed by atoms with Crippen molar-refractivity contribution >= 4 is 11.8 Å². The zero-order valence-electron chi connectivity index (χ0n) is 14.9. The number of hydrogen-bond donors (Lipinski definition) is 1. The number of ether oxygens (including phenoxy) is 1. The van der Waals surface area contributed by atoms with Gasteiger partial charge in [0.2, 0.25) is 0 Å². The number of amides is 2. The van der Waals surface area contributed by atoms with Crippen molar-refractivity contribution in [2.75, 3.05) is 6.61 Å². The molecule has 0 aliphatic heterocycles. The quantitative estimate of drug-likeness (QED) is 0.407. The van der Waals surface area contributed by atoms with Gasteiger partial charge >= 0.3 is 0 Å². The van der Waals surface area contributed by atoms with Gasteiger partial charge in [0.1, 0.15) is 18.5 Å². The van der Waals surface area contributed by atoms with Gasteiger partial charge in [-0.3, -0.25) is 9.59 Å². The predicted molar refractivity (Wildman–Crippen MR) is 101 cm³/mol. The number of benzene rings is 3. The first-order chi connectivity index (χ1) is 13.6. The first-order valence-electron chi connectivity index (χ1n) is 8.57. The van der Waals surface area contributed by atoms with E-state index in [2.05, 4.69) is 6.07 Å². The Bertz CT molecular complexity index is 909. The minimum absolute atomic E-state index is 0.349. The van der Waals surface area contributed by atoms with Gasteiger partial charge < -0.3 is 4.74 Å². The van der Waals surface area contributed by atoms with E-state index in [-0.39, 0.29) is 0 Å². The maximum Gasteiger partial charge on any atom is 0.278 e. The van der Waals surface area contributed by atoms with Gasteiger partial charge in [0.05, 0.1) is 5.56 Å². The van der Waals surface area contributed by atoms with Crippen molar-refractivity contribution in [3.05, 3.63) is 107 Å². The number of nitrogens with two attached hydrogens (primary N) is 1. The smallest absolute Gasteiger partial charge is 0.278 e. The Morgan fingerprint density at radius 1 is 0.964 bits per heavy atom. The van der Waals surface area contributed by atoms with Crippen LogP contribution in [0, 0.1) is 11.9 Å². The van der Waals surface area contributed by atoms with E-state index < -0.39 is 35.9 Å². The average molecular weight is 377 g/mol. The number of carbonyl (C=O) groups excluding carboxylic acids is 2. The monoisotopic (exact) mass is 377 g/mol. The molecule has 0 saturated heterocycles. The number of carbonyl (C=O) groups is 2. The lowest BCUT2D eigenvalue weighted by Crippen LogP contribution is -2.45. The SMILES string of the molecule is NN(C(=O)COC(c1ccccc1)c1ccccc1)C(=O)c1[c]cccc1F. The Kier molecular flexibility index (Phi) is 6.26. The zero-order valence-corrected chi connectivity index (χ0v) is 14.9. The van der Waals surface area contributed by atoms with E-state index in [1.54, 1.807) is 0 Å².